The highest BCUT2D eigenvalue weighted by Crippen LogP contribution is 2.18. The molecule has 0 N–H and O–H groups in total. The lowest BCUT2D eigenvalue weighted by atomic mass is 10.0. The van der Waals surface area contributed by atoms with Crippen molar-refractivity contribution in [2.75, 3.05) is 0 Å². The van der Waals surface area contributed by atoms with Crippen molar-refractivity contribution in [2.45, 2.75) is 25.8 Å². The molecule has 0 saturated heterocycles. The quantitative estimate of drug-likeness (QED) is 0.414. The highest BCUT2D eigenvalue weighted by atomic mass is 15.1. The topological polar surface area (TPSA) is 48.8 Å². The molecule has 0 aliphatic rings. The van der Waals surface area contributed by atoms with E-state index >= 15 is 0 Å². The number of hydrogen-bond acceptors (Lipinski definition) is 1. The Kier molecular flexibility index (Phi) is 4.60. The van der Waals surface area contributed by atoms with Crippen LogP contribution in [0, 0.1) is 0 Å². The summed E-state index contributed by atoms with van der Waals surface area (Å²) in [5, 5.41) is 3.70. The van der Waals surface area contributed by atoms with Gasteiger partial charge in [-0.15, -0.1) is 0 Å². The first-order valence-corrected chi connectivity index (χ1v) is 6.46. The molecule has 2 rings (SSSR count). The van der Waals surface area contributed by atoms with E-state index in [1.165, 1.54) is 11.1 Å². The van der Waals surface area contributed by atoms with Gasteiger partial charge in [0.25, 0.3) is 0 Å². The van der Waals surface area contributed by atoms with Crippen molar-refractivity contribution in [3.63, 3.8) is 0 Å². The molecule has 0 bridgehead atoms. The second kappa shape index (κ2) is 6.62. The molecule has 96 valence electrons. The number of aryl methyl sites for hydroxylation is 2. The Bertz CT molecular complexity index is 554. The SMILES string of the molecule is CC(N=[N+]=[N-])c1ccc(CCc2ccccc2)cc1. The summed E-state index contributed by atoms with van der Waals surface area (Å²) < 4.78 is 0. The third-order valence-electron chi connectivity index (χ3n) is 3.23. The second-order valence-electron chi connectivity index (χ2n) is 4.61. The Morgan fingerprint density at radius 2 is 1.53 bits per heavy atom. The zero-order valence-electron chi connectivity index (χ0n) is 11.0. The average Bonchev–Trinajstić information content (AvgIpc) is 2.47. The van der Waals surface area contributed by atoms with E-state index in [-0.39, 0.29) is 6.04 Å². The first-order chi connectivity index (χ1) is 9.29. The normalized spacial score (nSPS) is 11.6. The zero-order valence-corrected chi connectivity index (χ0v) is 11.0. The molecule has 1 atom stereocenters. The van der Waals surface area contributed by atoms with Crippen LogP contribution in [0.4, 0.5) is 0 Å². The Morgan fingerprint density at radius 3 is 2.11 bits per heavy atom. The molecule has 0 aliphatic heterocycles. The van der Waals surface area contributed by atoms with Crippen LogP contribution in [0.1, 0.15) is 29.7 Å². The van der Waals surface area contributed by atoms with Gasteiger partial charge in [-0.1, -0.05) is 66.6 Å². The largest absolute Gasteiger partial charge is 0.0862 e. The Labute approximate surface area is 113 Å². The molecular weight excluding hydrogens is 234 g/mol. The summed E-state index contributed by atoms with van der Waals surface area (Å²) in [7, 11) is 0. The molecule has 0 amide bonds. The molecule has 19 heavy (non-hydrogen) atoms. The molecule has 0 radical (unpaired) electrons. The van der Waals surface area contributed by atoms with E-state index in [2.05, 4.69) is 46.4 Å². The summed E-state index contributed by atoms with van der Waals surface area (Å²) >= 11 is 0. The van der Waals surface area contributed by atoms with Crippen LogP contribution in [0.15, 0.2) is 59.7 Å². The maximum atomic E-state index is 8.42. The van der Waals surface area contributed by atoms with Crippen LogP contribution in [0.25, 0.3) is 10.4 Å². The summed E-state index contributed by atoms with van der Waals surface area (Å²) in [6.45, 7) is 1.90. The van der Waals surface area contributed by atoms with Crippen molar-refractivity contribution in [1.82, 2.24) is 0 Å². The van der Waals surface area contributed by atoms with Crippen LogP contribution in [-0.2, 0) is 12.8 Å². The van der Waals surface area contributed by atoms with Gasteiger partial charge in [-0.25, -0.2) is 0 Å². The Balaban J connectivity index is 1.97. The second-order valence-corrected chi connectivity index (χ2v) is 4.61. The summed E-state index contributed by atoms with van der Waals surface area (Å²) in [4.78, 5) is 2.84. The lowest BCUT2D eigenvalue weighted by Crippen LogP contribution is -1.93. The number of rotatable bonds is 5. The molecule has 0 aliphatic carbocycles. The van der Waals surface area contributed by atoms with Crippen LogP contribution < -0.4 is 0 Å². The molecular formula is C16H17N3. The van der Waals surface area contributed by atoms with Crippen LogP contribution in [0.2, 0.25) is 0 Å². The van der Waals surface area contributed by atoms with E-state index in [9.17, 15) is 0 Å². The molecule has 0 saturated carbocycles. The van der Waals surface area contributed by atoms with Crippen LogP contribution in [0.3, 0.4) is 0 Å². The third-order valence-corrected chi connectivity index (χ3v) is 3.23. The van der Waals surface area contributed by atoms with Gasteiger partial charge in [-0.2, -0.15) is 0 Å². The highest BCUT2D eigenvalue weighted by Gasteiger charge is 2.02. The molecule has 0 spiro atoms. The minimum absolute atomic E-state index is 0.104. The third kappa shape index (κ3) is 3.87. The summed E-state index contributed by atoms with van der Waals surface area (Å²) in [5.41, 5.74) is 12.1. The van der Waals surface area contributed by atoms with E-state index in [0.717, 1.165) is 18.4 Å². The first-order valence-electron chi connectivity index (χ1n) is 6.46. The fourth-order valence-corrected chi connectivity index (χ4v) is 2.04. The molecule has 2 aromatic rings. The molecule has 0 fully saturated rings. The fourth-order valence-electron chi connectivity index (χ4n) is 2.04. The van der Waals surface area contributed by atoms with Crippen molar-refractivity contribution in [3.8, 4) is 0 Å². The van der Waals surface area contributed by atoms with Gasteiger partial charge >= 0.3 is 0 Å². The Morgan fingerprint density at radius 1 is 0.947 bits per heavy atom. The predicted octanol–water partition coefficient (Wildman–Crippen LogP) is 4.84. The van der Waals surface area contributed by atoms with Crippen molar-refractivity contribution in [2.24, 2.45) is 5.11 Å². The maximum absolute atomic E-state index is 8.42. The predicted molar refractivity (Wildman–Crippen MR) is 77.9 cm³/mol. The molecule has 3 nitrogen and oxygen atoms in total. The van der Waals surface area contributed by atoms with Gasteiger partial charge in [-0.3, -0.25) is 0 Å². The van der Waals surface area contributed by atoms with E-state index in [1.54, 1.807) is 0 Å². The first kappa shape index (κ1) is 13.2. The van der Waals surface area contributed by atoms with Crippen LogP contribution in [-0.4, -0.2) is 0 Å². The standard InChI is InChI=1S/C16H17N3/c1-13(18-19-17)16-11-9-15(10-12-16)8-7-14-5-3-2-4-6-14/h2-6,9-13H,7-8H2,1H3. The van der Waals surface area contributed by atoms with Crippen molar-refractivity contribution < 1.29 is 0 Å². The fraction of sp³-hybridized carbons (Fsp3) is 0.250. The number of benzene rings is 2. The summed E-state index contributed by atoms with van der Waals surface area (Å²) in [6.07, 6.45) is 2.08. The van der Waals surface area contributed by atoms with E-state index in [0.29, 0.717) is 0 Å². The van der Waals surface area contributed by atoms with Gasteiger partial charge in [0.1, 0.15) is 0 Å². The molecule has 0 heterocycles. The molecule has 3 heteroatoms. The zero-order chi connectivity index (χ0) is 13.5. The van der Waals surface area contributed by atoms with E-state index < -0.39 is 0 Å². The molecule has 0 aromatic heterocycles. The van der Waals surface area contributed by atoms with Gasteiger partial charge in [0.2, 0.25) is 0 Å². The molecule has 2 aromatic carbocycles. The minimum atomic E-state index is -0.104. The Hall–Kier alpha value is -2.25. The highest BCUT2D eigenvalue weighted by molar-refractivity contribution is 5.26. The number of hydrogen-bond donors (Lipinski definition) is 0. The van der Waals surface area contributed by atoms with Crippen molar-refractivity contribution in [1.29, 1.82) is 0 Å². The lowest BCUT2D eigenvalue weighted by Gasteiger charge is -2.07. The summed E-state index contributed by atoms with van der Waals surface area (Å²) in [6, 6.07) is 18.7. The minimum Gasteiger partial charge on any atom is -0.0862 e. The van der Waals surface area contributed by atoms with Crippen molar-refractivity contribution >= 4 is 0 Å². The van der Waals surface area contributed by atoms with Gasteiger partial charge < -0.3 is 0 Å². The van der Waals surface area contributed by atoms with Gasteiger partial charge in [0.05, 0.1) is 6.04 Å². The molecule has 1 unspecified atom stereocenters. The number of azide groups is 1. The maximum Gasteiger partial charge on any atom is 0.0597 e. The van der Waals surface area contributed by atoms with Gasteiger partial charge in [0, 0.05) is 4.91 Å². The number of nitrogens with zero attached hydrogens (tertiary/aromatic N) is 3. The van der Waals surface area contributed by atoms with Gasteiger partial charge in [-0.05, 0) is 35.1 Å². The average molecular weight is 251 g/mol. The van der Waals surface area contributed by atoms with Crippen LogP contribution in [0.5, 0.6) is 0 Å². The lowest BCUT2D eigenvalue weighted by molar-refractivity contribution is 0.806. The van der Waals surface area contributed by atoms with E-state index in [1.807, 2.05) is 25.1 Å². The van der Waals surface area contributed by atoms with Crippen molar-refractivity contribution in [3.05, 3.63) is 81.7 Å². The van der Waals surface area contributed by atoms with Gasteiger partial charge in [0.15, 0.2) is 0 Å². The monoisotopic (exact) mass is 251 g/mol. The summed E-state index contributed by atoms with van der Waals surface area (Å²) in [5.74, 6) is 0. The van der Waals surface area contributed by atoms with Crippen LogP contribution >= 0.6 is 0 Å². The smallest absolute Gasteiger partial charge is 0.0597 e. The van der Waals surface area contributed by atoms with E-state index in [4.69, 9.17) is 5.53 Å².